The van der Waals surface area contributed by atoms with Gasteiger partial charge in [-0.1, -0.05) is 55.8 Å². The van der Waals surface area contributed by atoms with E-state index in [0.29, 0.717) is 6.61 Å². The van der Waals surface area contributed by atoms with Crippen LogP contribution in [0.1, 0.15) is 19.8 Å². The summed E-state index contributed by atoms with van der Waals surface area (Å²) in [4.78, 5) is 12.2. The lowest BCUT2D eigenvalue weighted by atomic mass is 10.1. The van der Waals surface area contributed by atoms with Crippen LogP contribution in [0.2, 0.25) is 0 Å². The van der Waals surface area contributed by atoms with Gasteiger partial charge in [0.25, 0.3) is 15.9 Å². The second-order valence-electron chi connectivity index (χ2n) is 6.00. The van der Waals surface area contributed by atoms with Crippen molar-refractivity contribution in [3.05, 3.63) is 66.7 Å². The van der Waals surface area contributed by atoms with E-state index in [1.54, 1.807) is 12.1 Å². The largest absolute Gasteiger partial charge is 0.353 e. The monoisotopic (exact) mass is 371 g/mol. The Balaban J connectivity index is 1.84. The number of ether oxygens (including phenoxy) is 1. The molecule has 0 saturated heterocycles. The summed E-state index contributed by atoms with van der Waals surface area (Å²) in [5.74, 6) is -0.585. The van der Waals surface area contributed by atoms with Crippen molar-refractivity contribution in [1.82, 2.24) is 4.31 Å². The third kappa shape index (κ3) is 3.71. The van der Waals surface area contributed by atoms with Crippen LogP contribution in [0.25, 0.3) is 11.1 Å². The van der Waals surface area contributed by atoms with Gasteiger partial charge in [-0.2, -0.15) is 0 Å². The molecule has 2 aromatic carbocycles. The van der Waals surface area contributed by atoms with E-state index in [2.05, 4.69) is 0 Å². The lowest BCUT2D eigenvalue weighted by Crippen LogP contribution is -2.40. The highest BCUT2D eigenvalue weighted by Gasteiger charge is 2.37. The van der Waals surface area contributed by atoms with Gasteiger partial charge in [-0.3, -0.25) is 4.79 Å². The SMILES string of the molecule is CCCCOC1C=CC(=O)N1S(=O)(=O)c1ccc(-c2ccccc2)cc1. The standard InChI is InChI=1S/C20H21NO4S/c1-2-3-15-25-20-14-13-19(22)21(20)26(23,24)18-11-9-17(10-12-18)16-7-5-4-6-8-16/h4-14,20H,2-3,15H2,1H3. The summed E-state index contributed by atoms with van der Waals surface area (Å²) in [6, 6.07) is 16.2. The van der Waals surface area contributed by atoms with E-state index in [9.17, 15) is 13.2 Å². The van der Waals surface area contributed by atoms with Gasteiger partial charge in [0.1, 0.15) is 0 Å². The summed E-state index contributed by atoms with van der Waals surface area (Å²) in [6.45, 7) is 2.42. The zero-order chi connectivity index (χ0) is 18.6. The van der Waals surface area contributed by atoms with E-state index in [-0.39, 0.29) is 4.90 Å². The zero-order valence-corrected chi connectivity index (χ0v) is 15.4. The van der Waals surface area contributed by atoms with E-state index in [0.717, 1.165) is 28.3 Å². The van der Waals surface area contributed by atoms with Crippen LogP contribution in [-0.4, -0.2) is 31.5 Å². The second-order valence-corrected chi connectivity index (χ2v) is 7.82. The quantitative estimate of drug-likeness (QED) is 0.698. The molecule has 0 saturated carbocycles. The van der Waals surface area contributed by atoms with Crippen molar-refractivity contribution in [1.29, 1.82) is 0 Å². The van der Waals surface area contributed by atoms with Crippen LogP contribution in [0.3, 0.4) is 0 Å². The molecular formula is C20H21NO4S. The van der Waals surface area contributed by atoms with Gasteiger partial charge in [0.2, 0.25) is 0 Å². The number of benzene rings is 2. The predicted octanol–water partition coefficient (Wildman–Crippen LogP) is 3.58. The van der Waals surface area contributed by atoms with Gasteiger partial charge in [0.15, 0.2) is 6.23 Å². The van der Waals surface area contributed by atoms with E-state index < -0.39 is 22.2 Å². The van der Waals surface area contributed by atoms with Crippen LogP contribution in [0.15, 0.2) is 71.6 Å². The Kier molecular flexibility index (Phi) is 5.54. The summed E-state index contributed by atoms with van der Waals surface area (Å²) < 4.78 is 32.2. The maximum atomic E-state index is 12.9. The Morgan fingerprint density at radius 1 is 1.00 bits per heavy atom. The predicted molar refractivity (Wildman–Crippen MR) is 99.7 cm³/mol. The Morgan fingerprint density at radius 3 is 2.31 bits per heavy atom. The van der Waals surface area contributed by atoms with Gasteiger partial charge < -0.3 is 4.74 Å². The Morgan fingerprint density at radius 2 is 1.65 bits per heavy atom. The molecule has 1 heterocycles. The van der Waals surface area contributed by atoms with Crippen LogP contribution in [-0.2, 0) is 19.6 Å². The third-order valence-corrected chi connectivity index (χ3v) is 5.93. The molecule has 0 fully saturated rings. The molecule has 0 bridgehead atoms. The first-order valence-corrected chi connectivity index (χ1v) is 10.0. The molecule has 0 radical (unpaired) electrons. The first-order valence-electron chi connectivity index (χ1n) is 8.57. The van der Waals surface area contributed by atoms with Crippen LogP contribution in [0, 0.1) is 0 Å². The highest BCUT2D eigenvalue weighted by Crippen LogP contribution is 2.26. The molecule has 0 N–H and O–H groups in total. The second kappa shape index (κ2) is 7.85. The number of carbonyl (C=O) groups excluding carboxylic acids is 1. The van der Waals surface area contributed by atoms with Gasteiger partial charge in [-0.25, -0.2) is 12.7 Å². The molecule has 0 spiro atoms. The molecule has 5 nitrogen and oxygen atoms in total. The van der Waals surface area contributed by atoms with Crippen molar-refractivity contribution in [3.63, 3.8) is 0 Å². The number of rotatable bonds is 7. The number of sulfonamides is 1. The van der Waals surface area contributed by atoms with Gasteiger partial charge >= 0.3 is 0 Å². The normalized spacial score (nSPS) is 17.0. The smallest absolute Gasteiger partial charge is 0.269 e. The van der Waals surface area contributed by atoms with Crippen molar-refractivity contribution in [2.45, 2.75) is 30.9 Å². The van der Waals surface area contributed by atoms with Crippen molar-refractivity contribution in [2.24, 2.45) is 0 Å². The fourth-order valence-electron chi connectivity index (χ4n) is 2.73. The number of hydrogen-bond donors (Lipinski definition) is 0. The zero-order valence-electron chi connectivity index (χ0n) is 14.5. The molecule has 6 heteroatoms. The Hall–Kier alpha value is -2.44. The lowest BCUT2D eigenvalue weighted by Gasteiger charge is -2.24. The number of hydrogen-bond acceptors (Lipinski definition) is 4. The minimum absolute atomic E-state index is 0.0679. The van der Waals surface area contributed by atoms with E-state index in [1.807, 2.05) is 37.3 Å². The maximum Gasteiger partial charge on any atom is 0.269 e. The Bertz CT molecular complexity index is 889. The number of amides is 1. The number of carbonyl (C=O) groups is 1. The van der Waals surface area contributed by atoms with Crippen LogP contribution in [0.5, 0.6) is 0 Å². The van der Waals surface area contributed by atoms with Crippen LogP contribution in [0.4, 0.5) is 0 Å². The average Bonchev–Trinajstić information content (AvgIpc) is 3.04. The van der Waals surface area contributed by atoms with Crippen molar-refractivity contribution in [3.8, 4) is 11.1 Å². The van der Waals surface area contributed by atoms with Crippen molar-refractivity contribution in [2.75, 3.05) is 6.61 Å². The average molecular weight is 371 g/mol. The minimum Gasteiger partial charge on any atom is -0.353 e. The first kappa shape index (κ1) is 18.4. The van der Waals surface area contributed by atoms with Gasteiger partial charge in [-0.15, -0.1) is 0 Å². The minimum atomic E-state index is -3.98. The Labute approximate surface area is 154 Å². The highest BCUT2D eigenvalue weighted by atomic mass is 32.2. The molecule has 0 aromatic heterocycles. The van der Waals surface area contributed by atoms with Crippen molar-refractivity contribution < 1.29 is 17.9 Å². The molecule has 1 amide bonds. The maximum absolute atomic E-state index is 12.9. The molecule has 1 unspecified atom stereocenters. The topological polar surface area (TPSA) is 63.7 Å². The molecule has 0 aliphatic carbocycles. The summed E-state index contributed by atoms with van der Waals surface area (Å²) in [6.07, 6.45) is 3.57. The van der Waals surface area contributed by atoms with Gasteiger partial charge in [-0.05, 0) is 35.8 Å². The molecule has 1 atom stereocenters. The molecule has 1 aliphatic rings. The van der Waals surface area contributed by atoms with Crippen LogP contribution >= 0.6 is 0 Å². The summed E-state index contributed by atoms with van der Waals surface area (Å²) in [5, 5.41) is 0. The van der Waals surface area contributed by atoms with E-state index >= 15 is 0 Å². The van der Waals surface area contributed by atoms with Gasteiger partial charge in [0.05, 0.1) is 4.90 Å². The summed E-state index contributed by atoms with van der Waals surface area (Å²) >= 11 is 0. The summed E-state index contributed by atoms with van der Waals surface area (Å²) in [7, 11) is -3.98. The fourth-order valence-corrected chi connectivity index (χ4v) is 4.14. The molecule has 1 aliphatic heterocycles. The molecular weight excluding hydrogens is 350 g/mol. The third-order valence-electron chi connectivity index (χ3n) is 4.16. The highest BCUT2D eigenvalue weighted by molar-refractivity contribution is 7.89. The first-order chi connectivity index (χ1) is 12.5. The summed E-state index contributed by atoms with van der Waals surface area (Å²) in [5.41, 5.74) is 1.90. The fraction of sp³-hybridized carbons (Fsp3) is 0.250. The van der Waals surface area contributed by atoms with Gasteiger partial charge in [0, 0.05) is 12.7 Å². The van der Waals surface area contributed by atoms with E-state index in [4.69, 9.17) is 4.74 Å². The van der Waals surface area contributed by atoms with Crippen LogP contribution < -0.4 is 0 Å². The number of nitrogens with zero attached hydrogens (tertiary/aromatic N) is 1. The van der Waals surface area contributed by atoms with E-state index in [1.165, 1.54) is 24.3 Å². The molecule has 2 aromatic rings. The molecule has 136 valence electrons. The number of unbranched alkanes of at least 4 members (excludes halogenated alkanes) is 1. The lowest BCUT2D eigenvalue weighted by molar-refractivity contribution is -0.126. The van der Waals surface area contributed by atoms with Crippen molar-refractivity contribution >= 4 is 15.9 Å². The molecule has 3 rings (SSSR count). The molecule has 26 heavy (non-hydrogen) atoms.